The highest BCUT2D eigenvalue weighted by molar-refractivity contribution is 5.74. The zero-order chi connectivity index (χ0) is 14.8. The van der Waals surface area contributed by atoms with Crippen molar-refractivity contribution in [3.63, 3.8) is 0 Å². The Hall–Kier alpha value is -2.13. The molecule has 0 aliphatic heterocycles. The van der Waals surface area contributed by atoms with Crippen LogP contribution in [-0.2, 0) is 6.42 Å². The van der Waals surface area contributed by atoms with Gasteiger partial charge in [-0.05, 0) is 38.0 Å². The van der Waals surface area contributed by atoms with Gasteiger partial charge in [-0.25, -0.2) is 4.98 Å². The van der Waals surface area contributed by atoms with Crippen molar-refractivity contribution in [2.24, 2.45) is 5.73 Å². The summed E-state index contributed by atoms with van der Waals surface area (Å²) in [4.78, 5) is 8.09. The first-order chi connectivity index (χ1) is 10.2. The smallest absolute Gasteiger partial charge is 0.111 e. The molecule has 3 aromatic rings. The zero-order valence-corrected chi connectivity index (χ0v) is 12.6. The number of para-hydroxylation sites is 2. The molecule has 0 saturated carbocycles. The Kier molecular flexibility index (Phi) is 3.76. The quantitative estimate of drug-likeness (QED) is 0.768. The summed E-state index contributed by atoms with van der Waals surface area (Å²) in [6.45, 7) is 4.86. The lowest BCUT2D eigenvalue weighted by Gasteiger charge is -2.13. The molecule has 0 fully saturated rings. The monoisotopic (exact) mass is 279 g/mol. The van der Waals surface area contributed by atoms with Crippen LogP contribution in [0.1, 0.15) is 28.4 Å². The van der Waals surface area contributed by atoms with E-state index in [2.05, 4.69) is 48.1 Å². The number of hydrogen-bond acceptors (Lipinski definition) is 2. The molecule has 21 heavy (non-hydrogen) atoms. The van der Waals surface area contributed by atoms with Crippen LogP contribution in [-0.4, -0.2) is 16.5 Å². The summed E-state index contributed by atoms with van der Waals surface area (Å²) in [6.07, 6.45) is 0.916. The molecule has 1 heterocycles. The second-order valence-electron chi connectivity index (χ2n) is 5.77. The van der Waals surface area contributed by atoms with Gasteiger partial charge in [-0.2, -0.15) is 0 Å². The first-order valence-electron chi connectivity index (χ1n) is 7.37. The summed E-state index contributed by atoms with van der Waals surface area (Å²) in [5, 5.41) is 0. The van der Waals surface area contributed by atoms with Crippen molar-refractivity contribution in [3.05, 3.63) is 65.0 Å². The number of aromatic amines is 1. The number of H-pyrrole nitrogens is 1. The van der Waals surface area contributed by atoms with E-state index < -0.39 is 0 Å². The van der Waals surface area contributed by atoms with Crippen molar-refractivity contribution in [2.75, 3.05) is 6.54 Å². The number of hydrogen-bond donors (Lipinski definition) is 2. The summed E-state index contributed by atoms with van der Waals surface area (Å²) in [5.74, 6) is 1.21. The average Bonchev–Trinajstić information content (AvgIpc) is 2.87. The molecule has 0 amide bonds. The Morgan fingerprint density at radius 2 is 1.81 bits per heavy atom. The molecule has 0 radical (unpaired) electrons. The van der Waals surface area contributed by atoms with Crippen LogP contribution in [0, 0.1) is 13.8 Å². The number of nitrogens with zero attached hydrogens (tertiary/aromatic N) is 1. The molecule has 3 heteroatoms. The Labute approximate surface area is 125 Å². The SMILES string of the molecule is Cc1cc(C)cc(CC(CN)c2nc3ccccc3[nH]2)c1. The fourth-order valence-corrected chi connectivity index (χ4v) is 2.93. The maximum atomic E-state index is 5.99. The average molecular weight is 279 g/mol. The zero-order valence-electron chi connectivity index (χ0n) is 12.6. The van der Waals surface area contributed by atoms with Gasteiger partial charge in [-0.15, -0.1) is 0 Å². The van der Waals surface area contributed by atoms with Gasteiger partial charge in [0.25, 0.3) is 0 Å². The third-order valence-corrected chi connectivity index (χ3v) is 3.84. The molecule has 0 bridgehead atoms. The van der Waals surface area contributed by atoms with Crippen LogP contribution in [0.5, 0.6) is 0 Å². The second-order valence-corrected chi connectivity index (χ2v) is 5.77. The molecular formula is C18H21N3. The first kappa shape index (κ1) is 13.8. The highest BCUT2D eigenvalue weighted by Gasteiger charge is 2.15. The third kappa shape index (κ3) is 2.98. The summed E-state index contributed by atoms with van der Waals surface area (Å²) in [6, 6.07) is 14.8. The summed E-state index contributed by atoms with van der Waals surface area (Å²) >= 11 is 0. The van der Waals surface area contributed by atoms with Crippen molar-refractivity contribution < 1.29 is 0 Å². The number of fused-ring (bicyclic) bond motifs is 1. The van der Waals surface area contributed by atoms with Crippen LogP contribution in [0.15, 0.2) is 42.5 Å². The normalized spacial score (nSPS) is 12.7. The lowest BCUT2D eigenvalue weighted by molar-refractivity contribution is 0.658. The van der Waals surface area contributed by atoms with Crippen molar-refractivity contribution in [1.82, 2.24) is 9.97 Å². The number of nitrogens with two attached hydrogens (primary N) is 1. The fourth-order valence-electron chi connectivity index (χ4n) is 2.93. The minimum Gasteiger partial charge on any atom is -0.342 e. The van der Waals surface area contributed by atoms with Gasteiger partial charge >= 0.3 is 0 Å². The maximum Gasteiger partial charge on any atom is 0.111 e. The molecular weight excluding hydrogens is 258 g/mol. The van der Waals surface area contributed by atoms with Gasteiger partial charge in [0.05, 0.1) is 11.0 Å². The van der Waals surface area contributed by atoms with E-state index in [1.807, 2.05) is 18.2 Å². The number of aromatic nitrogens is 2. The largest absolute Gasteiger partial charge is 0.342 e. The van der Waals surface area contributed by atoms with Crippen LogP contribution in [0.2, 0.25) is 0 Å². The number of aryl methyl sites for hydroxylation is 2. The molecule has 1 unspecified atom stereocenters. The number of benzene rings is 2. The third-order valence-electron chi connectivity index (χ3n) is 3.84. The number of rotatable bonds is 4. The van der Waals surface area contributed by atoms with Crippen LogP contribution in [0.4, 0.5) is 0 Å². The highest BCUT2D eigenvalue weighted by atomic mass is 14.9. The van der Waals surface area contributed by atoms with E-state index in [4.69, 9.17) is 5.73 Å². The van der Waals surface area contributed by atoms with Crippen molar-refractivity contribution in [1.29, 1.82) is 0 Å². The summed E-state index contributed by atoms with van der Waals surface area (Å²) in [5.41, 5.74) is 12.0. The van der Waals surface area contributed by atoms with Gasteiger partial charge in [0, 0.05) is 12.5 Å². The lowest BCUT2D eigenvalue weighted by Crippen LogP contribution is -2.16. The molecule has 3 nitrogen and oxygen atoms in total. The van der Waals surface area contributed by atoms with Crippen LogP contribution < -0.4 is 5.73 Å². The van der Waals surface area contributed by atoms with Crippen molar-refractivity contribution in [2.45, 2.75) is 26.2 Å². The van der Waals surface area contributed by atoms with E-state index in [1.54, 1.807) is 0 Å². The molecule has 0 aliphatic carbocycles. The van der Waals surface area contributed by atoms with Gasteiger partial charge in [0.15, 0.2) is 0 Å². The molecule has 1 atom stereocenters. The molecule has 2 aromatic carbocycles. The van der Waals surface area contributed by atoms with Gasteiger partial charge in [0.2, 0.25) is 0 Å². The minimum absolute atomic E-state index is 0.221. The predicted molar refractivity (Wildman–Crippen MR) is 87.5 cm³/mol. The van der Waals surface area contributed by atoms with E-state index in [-0.39, 0.29) is 5.92 Å². The van der Waals surface area contributed by atoms with Gasteiger partial charge in [0.1, 0.15) is 5.82 Å². The standard InChI is InChI=1S/C18H21N3/c1-12-7-13(2)9-14(8-12)10-15(11-19)18-20-16-5-3-4-6-17(16)21-18/h3-9,15H,10-11,19H2,1-2H3,(H,20,21). The Bertz CT molecular complexity index is 705. The van der Waals surface area contributed by atoms with E-state index >= 15 is 0 Å². The minimum atomic E-state index is 0.221. The van der Waals surface area contributed by atoms with Crippen molar-refractivity contribution >= 4 is 11.0 Å². The molecule has 3 N–H and O–H groups in total. The van der Waals surface area contributed by atoms with E-state index in [1.165, 1.54) is 16.7 Å². The van der Waals surface area contributed by atoms with Crippen LogP contribution in [0.25, 0.3) is 11.0 Å². The summed E-state index contributed by atoms with van der Waals surface area (Å²) < 4.78 is 0. The number of imidazole rings is 1. The van der Waals surface area contributed by atoms with Gasteiger partial charge < -0.3 is 10.7 Å². The van der Waals surface area contributed by atoms with E-state index in [0.717, 1.165) is 23.3 Å². The van der Waals surface area contributed by atoms with Gasteiger partial charge in [-0.1, -0.05) is 41.5 Å². The Balaban J connectivity index is 1.90. The predicted octanol–water partition coefficient (Wildman–Crippen LogP) is 3.46. The highest BCUT2D eigenvalue weighted by Crippen LogP contribution is 2.22. The fraction of sp³-hybridized carbons (Fsp3) is 0.278. The molecule has 0 aliphatic rings. The van der Waals surface area contributed by atoms with Crippen LogP contribution in [0.3, 0.4) is 0 Å². The molecule has 0 saturated heterocycles. The molecule has 0 spiro atoms. The molecule has 1 aromatic heterocycles. The lowest BCUT2D eigenvalue weighted by atomic mass is 9.96. The Morgan fingerprint density at radius 3 is 2.48 bits per heavy atom. The van der Waals surface area contributed by atoms with E-state index in [0.29, 0.717) is 6.54 Å². The van der Waals surface area contributed by atoms with E-state index in [9.17, 15) is 0 Å². The number of nitrogens with one attached hydrogen (secondary N) is 1. The molecule has 108 valence electrons. The summed E-state index contributed by atoms with van der Waals surface area (Å²) in [7, 11) is 0. The van der Waals surface area contributed by atoms with Gasteiger partial charge in [-0.3, -0.25) is 0 Å². The Morgan fingerprint density at radius 1 is 1.10 bits per heavy atom. The maximum absolute atomic E-state index is 5.99. The first-order valence-corrected chi connectivity index (χ1v) is 7.37. The molecule has 3 rings (SSSR count). The van der Waals surface area contributed by atoms with Crippen molar-refractivity contribution in [3.8, 4) is 0 Å². The second kappa shape index (κ2) is 5.70. The topological polar surface area (TPSA) is 54.7 Å². The van der Waals surface area contributed by atoms with Crippen LogP contribution >= 0.6 is 0 Å².